The standard InChI is InChI=1S/C38H41ClN2O3S/c1-6-13-26-20-25(21-32(43-7-2)35(26)44-24-27-14-11-12-17-31(27)39)23-40-37-34(36(42)41-29-15-9-8-10-16-29)30-19-18-28(38(3,4)5)22-33(30)45-37/h6,8-12,14-17,20-21,23,28H,1,7,13,18-19,22,24H2,2-5H3,(H,41,42)/t28-/m1/s1. The van der Waals surface area contributed by atoms with Gasteiger partial charge in [0.15, 0.2) is 11.5 Å². The molecule has 7 heteroatoms. The topological polar surface area (TPSA) is 59.9 Å². The fourth-order valence-corrected chi connectivity index (χ4v) is 7.20. The molecule has 0 unspecified atom stereocenters. The third kappa shape index (κ3) is 7.86. The molecule has 5 rings (SSSR count). The molecule has 0 radical (unpaired) electrons. The van der Waals surface area contributed by atoms with Crippen LogP contribution in [0.4, 0.5) is 10.7 Å². The number of aliphatic imine (C=N–C) groups is 1. The highest BCUT2D eigenvalue weighted by molar-refractivity contribution is 7.16. The summed E-state index contributed by atoms with van der Waals surface area (Å²) in [5.74, 6) is 1.73. The Bertz CT molecular complexity index is 1690. The van der Waals surface area contributed by atoms with Crippen LogP contribution in [0, 0.1) is 11.3 Å². The van der Waals surface area contributed by atoms with Crippen molar-refractivity contribution >= 4 is 45.7 Å². The molecule has 4 aromatic rings. The molecular formula is C38H41ClN2O3S. The largest absolute Gasteiger partial charge is 0.490 e. The summed E-state index contributed by atoms with van der Waals surface area (Å²) in [4.78, 5) is 20.0. The van der Waals surface area contributed by atoms with E-state index in [9.17, 15) is 4.79 Å². The summed E-state index contributed by atoms with van der Waals surface area (Å²) in [5.41, 5.74) is 5.46. The van der Waals surface area contributed by atoms with Gasteiger partial charge in [-0.2, -0.15) is 0 Å². The van der Waals surface area contributed by atoms with Gasteiger partial charge in [0.25, 0.3) is 5.91 Å². The highest BCUT2D eigenvalue weighted by atomic mass is 35.5. The van der Waals surface area contributed by atoms with Crippen molar-refractivity contribution in [3.8, 4) is 11.5 Å². The lowest BCUT2D eigenvalue weighted by Crippen LogP contribution is -2.27. The monoisotopic (exact) mass is 640 g/mol. The van der Waals surface area contributed by atoms with Gasteiger partial charge in [-0.05, 0) is 85.4 Å². The van der Waals surface area contributed by atoms with E-state index in [1.807, 2.05) is 85.9 Å². The van der Waals surface area contributed by atoms with Crippen molar-refractivity contribution in [2.45, 2.75) is 60.0 Å². The number of carbonyl (C=O) groups is 1. The van der Waals surface area contributed by atoms with Gasteiger partial charge in [-0.15, -0.1) is 17.9 Å². The van der Waals surface area contributed by atoms with Gasteiger partial charge in [0.2, 0.25) is 0 Å². The van der Waals surface area contributed by atoms with E-state index in [2.05, 4.69) is 32.7 Å². The third-order valence-electron chi connectivity index (χ3n) is 8.21. The van der Waals surface area contributed by atoms with E-state index in [0.717, 1.165) is 52.2 Å². The number of para-hydroxylation sites is 1. The van der Waals surface area contributed by atoms with Gasteiger partial charge in [-0.1, -0.05) is 74.8 Å². The van der Waals surface area contributed by atoms with Gasteiger partial charge in [0.1, 0.15) is 11.6 Å². The Kier molecular flexibility index (Phi) is 10.5. The lowest BCUT2D eigenvalue weighted by molar-refractivity contribution is 0.102. The van der Waals surface area contributed by atoms with E-state index in [-0.39, 0.29) is 11.3 Å². The Hall–Kier alpha value is -3.87. The van der Waals surface area contributed by atoms with Crippen molar-refractivity contribution in [3.05, 3.63) is 117 Å². The minimum Gasteiger partial charge on any atom is -0.490 e. The maximum atomic E-state index is 13.8. The first-order valence-corrected chi connectivity index (χ1v) is 16.7. The van der Waals surface area contributed by atoms with Gasteiger partial charge in [0.05, 0.1) is 12.2 Å². The molecule has 3 aromatic carbocycles. The zero-order valence-electron chi connectivity index (χ0n) is 26.5. The molecule has 1 aromatic heterocycles. The molecule has 0 fully saturated rings. The number of hydrogen-bond acceptors (Lipinski definition) is 5. The molecule has 1 amide bonds. The van der Waals surface area contributed by atoms with Gasteiger partial charge in [-0.3, -0.25) is 4.79 Å². The molecular weight excluding hydrogens is 600 g/mol. The Morgan fingerprint density at radius 2 is 1.84 bits per heavy atom. The average Bonchev–Trinajstić information content (AvgIpc) is 3.39. The Labute approximate surface area is 276 Å². The number of thiophene rings is 1. The van der Waals surface area contributed by atoms with E-state index in [0.29, 0.717) is 47.6 Å². The number of benzene rings is 3. The molecule has 1 aliphatic rings. The number of halogens is 1. The lowest BCUT2D eigenvalue weighted by atomic mass is 9.72. The van der Waals surface area contributed by atoms with Crippen LogP contribution in [0.2, 0.25) is 5.02 Å². The zero-order chi connectivity index (χ0) is 32.0. The van der Waals surface area contributed by atoms with Crippen LogP contribution in [0.5, 0.6) is 11.5 Å². The molecule has 45 heavy (non-hydrogen) atoms. The second-order valence-corrected chi connectivity index (χ2v) is 13.9. The van der Waals surface area contributed by atoms with Crippen LogP contribution < -0.4 is 14.8 Å². The van der Waals surface area contributed by atoms with Crippen molar-refractivity contribution in [1.29, 1.82) is 0 Å². The number of allylic oxidation sites excluding steroid dienone is 1. The van der Waals surface area contributed by atoms with Gasteiger partial charge in [-0.25, -0.2) is 4.99 Å². The molecule has 1 heterocycles. The molecule has 0 aliphatic heterocycles. The number of hydrogen-bond donors (Lipinski definition) is 1. The normalized spacial score (nSPS) is 14.6. The molecule has 5 nitrogen and oxygen atoms in total. The number of carbonyl (C=O) groups excluding carboxylic acids is 1. The molecule has 234 valence electrons. The van der Waals surface area contributed by atoms with Crippen molar-refractivity contribution in [1.82, 2.24) is 0 Å². The quantitative estimate of drug-likeness (QED) is 0.131. The maximum absolute atomic E-state index is 13.8. The minimum atomic E-state index is -0.120. The molecule has 1 aliphatic carbocycles. The Morgan fingerprint density at radius 3 is 2.56 bits per heavy atom. The second-order valence-electron chi connectivity index (χ2n) is 12.4. The summed E-state index contributed by atoms with van der Waals surface area (Å²) in [6, 6.07) is 21.2. The Morgan fingerprint density at radius 1 is 1.09 bits per heavy atom. The van der Waals surface area contributed by atoms with Crippen molar-refractivity contribution in [3.63, 3.8) is 0 Å². The van der Waals surface area contributed by atoms with Crippen LogP contribution >= 0.6 is 22.9 Å². The fraction of sp³-hybridized carbons (Fsp3) is 0.316. The van der Waals surface area contributed by atoms with Crippen LogP contribution in [0.15, 0.2) is 84.4 Å². The second kappa shape index (κ2) is 14.5. The number of ether oxygens (including phenoxy) is 2. The molecule has 0 bridgehead atoms. The summed E-state index contributed by atoms with van der Waals surface area (Å²) >= 11 is 8.03. The van der Waals surface area contributed by atoms with E-state index in [1.54, 1.807) is 11.3 Å². The molecule has 1 atom stereocenters. The Balaban J connectivity index is 1.50. The van der Waals surface area contributed by atoms with E-state index in [1.165, 1.54) is 4.88 Å². The van der Waals surface area contributed by atoms with Crippen LogP contribution in [0.25, 0.3) is 0 Å². The number of nitrogens with one attached hydrogen (secondary N) is 1. The smallest absolute Gasteiger partial charge is 0.259 e. The lowest BCUT2D eigenvalue weighted by Gasteiger charge is -2.33. The fourth-order valence-electron chi connectivity index (χ4n) is 5.74. The van der Waals surface area contributed by atoms with Crippen molar-refractivity contribution in [2.24, 2.45) is 16.3 Å². The van der Waals surface area contributed by atoms with E-state index in [4.69, 9.17) is 26.1 Å². The highest BCUT2D eigenvalue weighted by Gasteiger charge is 2.33. The molecule has 1 N–H and O–H groups in total. The van der Waals surface area contributed by atoms with Crippen LogP contribution in [-0.2, 0) is 25.9 Å². The number of anilines is 1. The number of nitrogens with zero attached hydrogens (tertiary/aromatic N) is 1. The summed E-state index contributed by atoms with van der Waals surface area (Å²) in [6.07, 6.45) is 7.15. The summed E-state index contributed by atoms with van der Waals surface area (Å²) in [6.45, 7) is 13.6. The van der Waals surface area contributed by atoms with Crippen LogP contribution in [0.3, 0.4) is 0 Å². The molecule has 0 saturated heterocycles. The maximum Gasteiger partial charge on any atom is 0.259 e. The van der Waals surface area contributed by atoms with Gasteiger partial charge >= 0.3 is 0 Å². The van der Waals surface area contributed by atoms with Crippen molar-refractivity contribution < 1.29 is 14.3 Å². The SMILES string of the molecule is C=CCc1cc(C=Nc2sc3c(c2C(=O)Nc2ccccc2)CC[C@@H](C(C)(C)C)C3)cc(OCC)c1OCc1ccccc1Cl. The minimum absolute atomic E-state index is 0.120. The first kappa shape index (κ1) is 32.5. The summed E-state index contributed by atoms with van der Waals surface area (Å²) in [5, 5.41) is 4.49. The zero-order valence-corrected chi connectivity index (χ0v) is 28.1. The third-order valence-corrected chi connectivity index (χ3v) is 9.74. The highest BCUT2D eigenvalue weighted by Crippen LogP contribution is 2.45. The van der Waals surface area contributed by atoms with Crippen LogP contribution in [0.1, 0.15) is 71.6 Å². The van der Waals surface area contributed by atoms with E-state index < -0.39 is 0 Å². The predicted molar refractivity (Wildman–Crippen MR) is 188 cm³/mol. The first-order valence-electron chi connectivity index (χ1n) is 15.5. The summed E-state index contributed by atoms with van der Waals surface area (Å²) in [7, 11) is 0. The molecule has 0 spiro atoms. The average molecular weight is 641 g/mol. The predicted octanol–water partition coefficient (Wildman–Crippen LogP) is 10.3. The van der Waals surface area contributed by atoms with Crippen LogP contribution in [-0.4, -0.2) is 18.7 Å². The summed E-state index contributed by atoms with van der Waals surface area (Å²) < 4.78 is 12.4. The number of amides is 1. The molecule has 0 saturated carbocycles. The first-order chi connectivity index (χ1) is 21.7. The van der Waals surface area contributed by atoms with Gasteiger partial charge in [0, 0.05) is 32.9 Å². The van der Waals surface area contributed by atoms with Crippen molar-refractivity contribution in [2.75, 3.05) is 11.9 Å². The van der Waals surface area contributed by atoms with E-state index >= 15 is 0 Å². The number of rotatable bonds is 11. The number of fused-ring (bicyclic) bond motifs is 1. The van der Waals surface area contributed by atoms with Gasteiger partial charge < -0.3 is 14.8 Å².